The van der Waals surface area contributed by atoms with Gasteiger partial charge in [-0.15, -0.1) is 22.7 Å². The van der Waals surface area contributed by atoms with Gasteiger partial charge < -0.3 is 16.4 Å². The number of nitriles is 1. The molecule has 7 heteroatoms. The quantitative estimate of drug-likeness (QED) is 0.756. The molecule has 5 nitrogen and oxygen atoms in total. The first-order chi connectivity index (χ1) is 14.1. The number of carbonyl (C=O) groups is 1. The lowest BCUT2D eigenvalue weighted by Gasteiger charge is -2.15. The van der Waals surface area contributed by atoms with E-state index in [2.05, 4.69) is 11.0 Å². The molecule has 4 N–H and O–H groups in total. The predicted octanol–water partition coefficient (Wildman–Crippen LogP) is 4.23. The van der Waals surface area contributed by atoms with E-state index in [-0.39, 0.29) is 0 Å². The Bertz CT molecular complexity index is 802. The lowest BCUT2D eigenvalue weighted by Crippen LogP contribution is -2.37. The molecule has 0 saturated carbocycles. The van der Waals surface area contributed by atoms with Crippen LogP contribution in [0.25, 0.3) is 0 Å². The van der Waals surface area contributed by atoms with Crippen LogP contribution in [-0.4, -0.2) is 25.0 Å². The fraction of sp³-hybridized carbons (Fsp3) is 0.545. The summed E-state index contributed by atoms with van der Waals surface area (Å²) in [5.41, 5.74) is 12.8. The molecular formula is C22H32N4OS2. The highest BCUT2D eigenvalue weighted by molar-refractivity contribution is 7.16. The van der Waals surface area contributed by atoms with Crippen LogP contribution >= 0.6 is 22.7 Å². The molecule has 3 heterocycles. The van der Waals surface area contributed by atoms with Gasteiger partial charge in [-0.05, 0) is 55.5 Å². The van der Waals surface area contributed by atoms with Crippen LogP contribution in [0.1, 0.15) is 60.4 Å². The number of carbonyl (C=O) groups excluding carboxylic acids is 1. The van der Waals surface area contributed by atoms with Gasteiger partial charge in [0.2, 0.25) is 5.91 Å². The molecular weight excluding hydrogens is 400 g/mol. The number of hydrogen-bond donors (Lipinski definition) is 2. The standard InChI is InChI=1S/C13H16N2S.C7H10N2OS.C2H6/c14-9-11-10-5-1-2-6-12(10)16-13(11)15-7-3-4-8-15;8-6(7(9)10)4-5-2-1-3-11-5;1-2/h1-8H2;1-3,6H,4,8H2,(H2,9,10);1-2H3/t;6-;/m.0./s1. The van der Waals surface area contributed by atoms with Gasteiger partial charge in [0.05, 0.1) is 11.6 Å². The molecule has 1 amide bonds. The molecule has 158 valence electrons. The number of fused-ring (bicyclic) bond motifs is 1. The number of primary amides is 1. The molecule has 1 saturated heterocycles. The van der Waals surface area contributed by atoms with Crippen molar-refractivity contribution >= 4 is 33.6 Å². The SMILES string of the molecule is CC.N#Cc1c(N2CCCC2)sc2c1CCCC2.NC(=O)[C@@H](N)Cc1cccs1. The van der Waals surface area contributed by atoms with Crippen molar-refractivity contribution in [3.05, 3.63) is 38.4 Å². The number of nitrogens with two attached hydrogens (primary N) is 2. The summed E-state index contributed by atoms with van der Waals surface area (Å²) >= 11 is 3.47. The first-order valence-corrected chi connectivity index (χ1v) is 12.2. The Morgan fingerprint density at radius 2 is 1.93 bits per heavy atom. The van der Waals surface area contributed by atoms with E-state index in [0.717, 1.165) is 30.0 Å². The van der Waals surface area contributed by atoms with Crippen LogP contribution < -0.4 is 16.4 Å². The third-order valence-corrected chi connectivity index (χ3v) is 7.28. The van der Waals surface area contributed by atoms with Crippen molar-refractivity contribution in [1.29, 1.82) is 5.26 Å². The van der Waals surface area contributed by atoms with Gasteiger partial charge in [-0.3, -0.25) is 4.79 Å². The van der Waals surface area contributed by atoms with Gasteiger partial charge in [-0.1, -0.05) is 19.9 Å². The maximum Gasteiger partial charge on any atom is 0.234 e. The van der Waals surface area contributed by atoms with E-state index in [0.29, 0.717) is 6.42 Å². The van der Waals surface area contributed by atoms with E-state index in [4.69, 9.17) is 11.5 Å². The van der Waals surface area contributed by atoms with Crippen LogP contribution in [-0.2, 0) is 24.1 Å². The second kappa shape index (κ2) is 12.0. The molecule has 1 aliphatic carbocycles. The third kappa shape index (κ3) is 6.30. The average molecular weight is 433 g/mol. The normalized spacial score (nSPS) is 15.9. The van der Waals surface area contributed by atoms with Crippen molar-refractivity contribution in [1.82, 2.24) is 0 Å². The van der Waals surface area contributed by atoms with Gasteiger partial charge in [0, 0.05) is 29.3 Å². The van der Waals surface area contributed by atoms with Gasteiger partial charge in [0.1, 0.15) is 11.1 Å². The molecule has 0 bridgehead atoms. The Morgan fingerprint density at radius 1 is 1.24 bits per heavy atom. The van der Waals surface area contributed by atoms with Gasteiger partial charge in [0.25, 0.3) is 0 Å². The second-order valence-corrected chi connectivity index (χ2v) is 9.11. The molecule has 0 aromatic carbocycles. The maximum absolute atomic E-state index is 10.5. The number of thiophene rings is 2. The summed E-state index contributed by atoms with van der Waals surface area (Å²) in [6.45, 7) is 6.29. The zero-order valence-electron chi connectivity index (χ0n) is 17.4. The minimum Gasteiger partial charge on any atom is -0.368 e. The highest BCUT2D eigenvalue weighted by atomic mass is 32.1. The minimum atomic E-state index is -0.548. The second-order valence-electron chi connectivity index (χ2n) is 6.99. The van der Waals surface area contributed by atoms with E-state index in [1.54, 1.807) is 11.3 Å². The van der Waals surface area contributed by atoms with Crippen LogP contribution in [0.5, 0.6) is 0 Å². The summed E-state index contributed by atoms with van der Waals surface area (Å²) in [6, 6.07) is 5.76. The van der Waals surface area contributed by atoms with E-state index >= 15 is 0 Å². The molecule has 1 aliphatic heterocycles. The number of hydrogen-bond acceptors (Lipinski definition) is 6. The molecule has 0 radical (unpaired) electrons. The largest absolute Gasteiger partial charge is 0.368 e. The van der Waals surface area contributed by atoms with Crippen LogP contribution in [0.3, 0.4) is 0 Å². The fourth-order valence-electron chi connectivity index (χ4n) is 3.56. The Morgan fingerprint density at radius 3 is 2.52 bits per heavy atom. The first kappa shape index (κ1) is 23.4. The highest BCUT2D eigenvalue weighted by Crippen LogP contribution is 2.40. The zero-order chi connectivity index (χ0) is 21.2. The minimum absolute atomic E-state index is 0.446. The molecule has 1 fully saturated rings. The van der Waals surface area contributed by atoms with Crippen LogP contribution in [0.15, 0.2) is 17.5 Å². The van der Waals surface area contributed by atoms with Gasteiger partial charge in [-0.25, -0.2) is 0 Å². The Balaban J connectivity index is 0.000000203. The van der Waals surface area contributed by atoms with Crippen molar-refractivity contribution in [2.45, 2.75) is 64.8 Å². The molecule has 29 heavy (non-hydrogen) atoms. The Kier molecular flexibility index (Phi) is 9.65. The molecule has 2 aliphatic rings. The number of amides is 1. The van der Waals surface area contributed by atoms with Crippen molar-refractivity contribution in [3.63, 3.8) is 0 Å². The van der Waals surface area contributed by atoms with Crippen molar-refractivity contribution in [2.24, 2.45) is 11.5 Å². The molecule has 2 aromatic heterocycles. The predicted molar refractivity (Wildman–Crippen MR) is 124 cm³/mol. The summed E-state index contributed by atoms with van der Waals surface area (Å²) in [5.74, 6) is -0.446. The van der Waals surface area contributed by atoms with Crippen LogP contribution in [0.2, 0.25) is 0 Å². The molecule has 0 spiro atoms. The Labute approximate surface area is 182 Å². The van der Waals surface area contributed by atoms with E-state index < -0.39 is 11.9 Å². The van der Waals surface area contributed by atoms with Crippen LogP contribution in [0, 0.1) is 11.3 Å². The number of rotatable bonds is 4. The van der Waals surface area contributed by atoms with Gasteiger partial charge in [-0.2, -0.15) is 5.26 Å². The summed E-state index contributed by atoms with van der Waals surface area (Å²) < 4.78 is 0. The Hall–Kier alpha value is -1.88. The topological polar surface area (TPSA) is 96.1 Å². The summed E-state index contributed by atoms with van der Waals surface area (Å²) in [7, 11) is 0. The summed E-state index contributed by atoms with van der Waals surface area (Å²) in [5, 5.41) is 12.6. The molecule has 4 rings (SSSR count). The van der Waals surface area contributed by atoms with Crippen molar-refractivity contribution < 1.29 is 4.79 Å². The van der Waals surface area contributed by atoms with E-state index in [1.165, 1.54) is 47.5 Å². The number of aryl methyl sites for hydroxylation is 1. The summed E-state index contributed by atoms with van der Waals surface area (Å²) in [6.07, 6.45) is 8.01. The van der Waals surface area contributed by atoms with Crippen molar-refractivity contribution in [3.8, 4) is 6.07 Å². The summed E-state index contributed by atoms with van der Waals surface area (Å²) in [4.78, 5) is 15.5. The lowest BCUT2D eigenvalue weighted by atomic mass is 9.96. The number of nitrogens with zero attached hydrogens (tertiary/aromatic N) is 2. The van der Waals surface area contributed by atoms with E-state index in [1.807, 2.05) is 42.7 Å². The number of anilines is 1. The fourth-order valence-corrected chi connectivity index (χ4v) is 5.71. The molecule has 2 aromatic rings. The highest BCUT2D eigenvalue weighted by Gasteiger charge is 2.25. The van der Waals surface area contributed by atoms with Crippen molar-refractivity contribution in [2.75, 3.05) is 18.0 Å². The lowest BCUT2D eigenvalue weighted by molar-refractivity contribution is -0.119. The monoisotopic (exact) mass is 432 g/mol. The zero-order valence-corrected chi connectivity index (χ0v) is 19.1. The maximum atomic E-state index is 10.5. The average Bonchev–Trinajstić information content (AvgIpc) is 3.50. The first-order valence-electron chi connectivity index (χ1n) is 10.5. The van der Waals surface area contributed by atoms with Crippen LogP contribution in [0.4, 0.5) is 5.00 Å². The van der Waals surface area contributed by atoms with Gasteiger partial charge >= 0.3 is 0 Å². The third-order valence-electron chi connectivity index (χ3n) is 5.02. The smallest absolute Gasteiger partial charge is 0.234 e. The molecule has 1 atom stereocenters. The van der Waals surface area contributed by atoms with Gasteiger partial charge in [0.15, 0.2) is 0 Å². The molecule has 0 unspecified atom stereocenters. The van der Waals surface area contributed by atoms with E-state index in [9.17, 15) is 10.1 Å².